The molecule has 2 aromatic carbocycles. The SMILES string of the molecule is COc1ccc(C2(C)NC(=O)N(CC(=O)c3ccc4c(c3)CCCC4)C2=O)cc1. The van der Waals surface area contributed by atoms with Gasteiger partial charge in [-0.1, -0.05) is 24.3 Å². The average molecular weight is 392 g/mol. The molecule has 1 aliphatic heterocycles. The van der Waals surface area contributed by atoms with Gasteiger partial charge in [0.1, 0.15) is 11.3 Å². The van der Waals surface area contributed by atoms with Crippen molar-refractivity contribution < 1.29 is 19.1 Å². The molecule has 1 heterocycles. The van der Waals surface area contributed by atoms with Gasteiger partial charge >= 0.3 is 6.03 Å². The number of Topliss-reactive ketones (excluding diaryl/α,β-unsaturated/α-hetero) is 1. The third-order valence-electron chi connectivity index (χ3n) is 5.91. The Labute approximate surface area is 169 Å². The van der Waals surface area contributed by atoms with E-state index in [4.69, 9.17) is 4.74 Å². The van der Waals surface area contributed by atoms with Crippen LogP contribution in [0.5, 0.6) is 5.75 Å². The molecule has 2 aromatic rings. The van der Waals surface area contributed by atoms with Crippen molar-refractivity contribution >= 4 is 17.7 Å². The average Bonchev–Trinajstić information content (AvgIpc) is 2.97. The van der Waals surface area contributed by atoms with Crippen LogP contribution in [0, 0.1) is 0 Å². The molecule has 4 rings (SSSR count). The van der Waals surface area contributed by atoms with Gasteiger partial charge in [-0.2, -0.15) is 0 Å². The second kappa shape index (κ2) is 7.35. The van der Waals surface area contributed by atoms with Gasteiger partial charge in [-0.25, -0.2) is 4.79 Å². The summed E-state index contributed by atoms with van der Waals surface area (Å²) in [5, 5.41) is 2.74. The Kier molecular flexibility index (Phi) is 4.86. The van der Waals surface area contributed by atoms with Crippen LogP contribution in [0.1, 0.15) is 46.8 Å². The molecule has 0 spiro atoms. The molecular formula is C23H24N2O4. The number of rotatable bonds is 5. The van der Waals surface area contributed by atoms with Gasteiger partial charge in [0.15, 0.2) is 5.78 Å². The molecule has 29 heavy (non-hydrogen) atoms. The van der Waals surface area contributed by atoms with Crippen molar-refractivity contribution in [3.63, 3.8) is 0 Å². The van der Waals surface area contributed by atoms with E-state index < -0.39 is 17.5 Å². The lowest BCUT2D eigenvalue weighted by Gasteiger charge is -2.22. The van der Waals surface area contributed by atoms with E-state index in [2.05, 4.69) is 5.32 Å². The van der Waals surface area contributed by atoms with Gasteiger partial charge in [-0.3, -0.25) is 14.5 Å². The Hall–Kier alpha value is -3.15. The van der Waals surface area contributed by atoms with Crippen LogP contribution in [-0.4, -0.2) is 36.3 Å². The van der Waals surface area contributed by atoms with Crippen LogP contribution >= 0.6 is 0 Å². The van der Waals surface area contributed by atoms with E-state index in [1.807, 2.05) is 12.1 Å². The molecule has 0 saturated carbocycles. The lowest BCUT2D eigenvalue weighted by atomic mass is 9.89. The van der Waals surface area contributed by atoms with Crippen LogP contribution < -0.4 is 10.1 Å². The van der Waals surface area contributed by atoms with Crippen LogP contribution in [0.25, 0.3) is 0 Å². The van der Waals surface area contributed by atoms with E-state index in [0.29, 0.717) is 16.9 Å². The van der Waals surface area contributed by atoms with Crippen LogP contribution in [0.2, 0.25) is 0 Å². The number of nitrogens with one attached hydrogen (secondary N) is 1. The minimum absolute atomic E-state index is 0.235. The summed E-state index contributed by atoms with van der Waals surface area (Å²) < 4.78 is 5.15. The Bertz CT molecular complexity index is 983. The summed E-state index contributed by atoms with van der Waals surface area (Å²) in [5.41, 5.74) is 2.46. The van der Waals surface area contributed by atoms with Crippen LogP contribution in [0.15, 0.2) is 42.5 Å². The highest BCUT2D eigenvalue weighted by molar-refractivity contribution is 6.11. The minimum atomic E-state index is -1.21. The lowest BCUT2D eigenvalue weighted by Crippen LogP contribution is -2.41. The van der Waals surface area contributed by atoms with Crippen LogP contribution in [0.4, 0.5) is 4.79 Å². The molecule has 1 unspecified atom stereocenters. The van der Waals surface area contributed by atoms with Crippen molar-refractivity contribution in [1.82, 2.24) is 10.2 Å². The number of hydrogen-bond donors (Lipinski definition) is 1. The number of aryl methyl sites for hydroxylation is 2. The van der Waals surface area contributed by atoms with E-state index in [1.54, 1.807) is 44.4 Å². The lowest BCUT2D eigenvalue weighted by molar-refractivity contribution is -0.130. The van der Waals surface area contributed by atoms with E-state index >= 15 is 0 Å². The number of hydrogen-bond acceptors (Lipinski definition) is 4. The summed E-state index contributed by atoms with van der Waals surface area (Å²) in [6.07, 6.45) is 4.30. The first-order valence-corrected chi connectivity index (χ1v) is 9.86. The summed E-state index contributed by atoms with van der Waals surface area (Å²) in [6, 6.07) is 12.1. The number of nitrogens with zero attached hydrogens (tertiary/aromatic N) is 1. The molecule has 6 heteroatoms. The van der Waals surface area contributed by atoms with Crippen molar-refractivity contribution in [2.75, 3.05) is 13.7 Å². The predicted molar refractivity (Wildman–Crippen MR) is 108 cm³/mol. The fourth-order valence-corrected chi connectivity index (χ4v) is 4.10. The van der Waals surface area contributed by atoms with Crippen molar-refractivity contribution in [1.29, 1.82) is 0 Å². The number of amides is 3. The Morgan fingerprint density at radius 1 is 1.07 bits per heavy atom. The quantitative estimate of drug-likeness (QED) is 0.626. The van der Waals surface area contributed by atoms with Gasteiger partial charge in [0, 0.05) is 5.56 Å². The smallest absolute Gasteiger partial charge is 0.325 e. The Morgan fingerprint density at radius 3 is 2.45 bits per heavy atom. The molecular weight excluding hydrogens is 368 g/mol. The summed E-state index contributed by atoms with van der Waals surface area (Å²) in [5.74, 6) is -0.00611. The number of urea groups is 1. The van der Waals surface area contributed by atoms with Crippen molar-refractivity contribution in [3.05, 3.63) is 64.7 Å². The second-order valence-electron chi connectivity index (χ2n) is 7.79. The molecule has 1 atom stereocenters. The van der Waals surface area contributed by atoms with Gasteiger partial charge < -0.3 is 10.1 Å². The molecule has 0 radical (unpaired) electrons. The van der Waals surface area contributed by atoms with E-state index in [-0.39, 0.29) is 12.3 Å². The molecule has 150 valence electrons. The number of carbonyl (C=O) groups is 3. The summed E-state index contributed by atoms with van der Waals surface area (Å²) in [7, 11) is 1.56. The Morgan fingerprint density at radius 2 is 1.76 bits per heavy atom. The van der Waals surface area contributed by atoms with Crippen molar-refractivity contribution in [3.8, 4) is 5.75 Å². The zero-order chi connectivity index (χ0) is 20.6. The Balaban J connectivity index is 1.53. The first-order chi connectivity index (χ1) is 13.9. The maximum Gasteiger partial charge on any atom is 0.325 e. The number of fused-ring (bicyclic) bond motifs is 1. The van der Waals surface area contributed by atoms with E-state index in [9.17, 15) is 14.4 Å². The fraction of sp³-hybridized carbons (Fsp3) is 0.348. The molecule has 2 aliphatic rings. The number of carbonyl (C=O) groups excluding carboxylic acids is 3. The molecule has 3 amide bonds. The first kappa shape index (κ1) is 19.2. The van der Waals surface area contributed by atoms with Crippen LogP contribution in [0.3, 0.4) is 0 Å². The minimum Gasteiger partial charge on any atom is -0.497 e. The number of benzene rings is 2. The molecule has 1 N–H and O–H groups in total. The molecule has 0 aromatic heterocycles. The topological polar surface area (TPSA) is 75.7 Å². The van der Waals surface area contributed by atoms with E-state index in [0.717, 1.165) is 24.2 Å². The standard InChI is InChI=1S/C23H24N2O4/c1-23(18-9-11-19(29-2)12-10-18)21(27)25(22(28)24-23)14-20(26)17-8-7-15-5-3-4-6-16(15)13-17/h7-13H,3-6,14H2,1-2H3,(H,24,28). The number of ketones is 1. The van der Waals surface area contributed by atoms with Gasteiger partial charge in [-0.05, 0) is 67.5 Å². The largest absolute Gasteiger partial charge is 0.497 e. The van der Waals surface area contributed by atoms with Crippen LogP contribution in [-0.2, 0) is 23.2 Å². The molecule has 6 nitrogen and oxygen atoms in total. The maximum atomic E-state index is 13.1. The maximum absolute atomic E-state index is 13.1. The zero-order valence-corrected chi connectivity index (χ0v) is 16.7. The highest BCUT2D eigenvalue weighted by Gasteiger charge is 2.49. The number of methoxy groups -OCH3 is 1. The molecule has 0 bridgehead atoms. The monoisotopic (exact) mass is 392 g/mol. The summed E-state index contributed by atoms with van der Waals surface area (Å²) in [4.78, 5) is 39.4. The summed E-state index contributed by atoms with van der Waals surface area (Å²) in [6.45, 7) is 1.38. The van der Waals surface area contributed by atoms with E-state index in [1.165, 1.54) is 17.5 Å². The molecule has 1 fully saturated rings. The number of imide groups is 1. The normalized spacial score (nSPS) is 21.0. The third kappa shape index (κ3) is 3.39. The van der Waals surface area contributed by atoms with Gasteiger partial charge in [0.05, 0.1) is 13.7 Å². The fourth-order valence-electron chi connectivity index (χ4n) is 4.10. The third-order valence-corrected chi connectivity index (χ3v) is 5.91. The van der Waals surface area contributed by atoms with Gasteiger partial charge in [0.25, 0.3) is 5.91 Å². The molecule has 1 aliphatic carbocycles. The van der Waals surface area contributed by atoms with Crippen molar-refractivity contribution in [2.24, 2.45) is 0 Å². The van der Waals surface area contributed by atoms with Gasteiger partial charge in [-0.15, -0.1) is 0 Å². The first-order valence-electron chi connectivity index (χ1n) is 9.86. The second-order valence-corrected chi connectivity index (χ2v) is 7.79. The number of ether oxygens (including phenoxy) is 1. The highest BCUT2D eigenvalue weighted by Crippen LogP contribution is 2.30. The van der Waals surface area contributed by atoms with Gasteiger partial charge in [0.2, 0.25) is 0 Å². The zero-order valence-electron chi connectivity index (χ0n) is 16.7. The molecule has 1 saturated heterocycles. The summed E-state index contributed by atoms with van der Waals surface area (Å²) >= 11 is 0. The predicted octanol–water partition coefficient (Wildman–Crippen LogP) is 3.22. The highest BCUT2D eigenvalue weighted by atomic mass is 16.5. The van der Waals surface area contributed by atoms with Crippen molar-refractivity contribution in [2.45, 2.75) is 38.1 Å².